The van der Waals surface area contributed by atoms with Gasteiger partial charge in [-0.3, -0.25) is 0 Å². The lowest BCUT2D eigenvalue weighted by Gasteiger charge is -2.26. The summed E-state index contributed by atoms with van der Waals surface area (Å²) in [6.45, 7) is 1.26. The van der Waals surface area contributed by atoms with Crippen molar-refractivity contribution in [1.29, 1.82) is 0 Å². The van der Waals surface area contributed by atoms with Crippen LogP contribution in [0.4, 0.5) is 5.69 Å². The van der Waals surface area contributed by atoms with Gasteiger partial charge in [-0.25, -0.2) is 0 Å². The van der Waals surface area contributed by atoms with Gasteiger partial charge in [-0.1, -0.05) is 53.0 Å². The van der Waals surface area contributed by atoms with Gasteiger partial charge < -0.3 is 15.0 Å². The van der Waals surface area contributed by atoms with Crippen molar-refractivity contribution in [2.75, 3.05) is 18.5 Å². The molecule has 1 fully saturated rings. The molecule has 1 aliphatic rings. The highest BCUT2D eigenvalue weighted by Gasteiger charge is 2.29. The molecule has 1 aliphatic heterocycles. The molecule has 0 aliphatic carbocycles. The maximum Gasteiger partial charge on any atom is 0.175 e. The van der Waals surface area contributed by atoms with E-state index in [2.05, 4.69) is 5.32 Å². The van der Waals surface area contributed by atoms with E-state index in [0.29, 0.717) is 33.3 Å². The fraction of sp³-hybridized carbons (Fsp3) is 0.188. The fourth-order valence-electron chi connectivity index (χ4n) is 2.37. The van der Waals surface area contributed by atoms with Crippen LogP contribution in [0.1, 0.15) is 11.8 Å². The molecule has 2 aromatic rings. The van der Waals surface area contributed by atoms with Gasteiger partial charge in [-0.05, 0) is 36.5 Å². The van der Waals surface area contributed by atoms with E-state index in [4.69, 9.17) is 51.8 Å². The van der Waals surface area contributed by atoms with E-state index >= 15 is 0 Å². The van der Waals surface area contributed by atoms with Crippen LogP contribution in [0.3, 0.4) is 0 Å². The zero-order valence-corrected chi connectivity index (χ0v) is 15.0. The summed E-state index contributed by atoms with van der Waals surface area (Å²) in [5, 5.41) is 5.33. The van der Waals surface area contributed by atoms with Gasteiger partial charge in [0.2, 0.25) is 0 Å². The highest BCUT2D eigenvalue weighted by Crippen LogP contribution is 2.32. The smallest absolute Gasteiger partial charge is 0.175 e. The first-order chi connectivity index (χ1) is 11.1. The number of halogens is 3. The fourth-order valence-corrected chi connectivity index (χ4v) is 3.16. The Kier molecular flexibility index (Phi) is 5.29. The minimum absolute atomic E-state index is 0.299. The second kappa shape index (κ2) is 7.24. The number of hydrogen-bond donors (Lipinski definition) is 1. The molecule has 1 atom stereocenters. The largest absolute Gasteiger partial charge is 0.352 e. The molecule has 2 aromatic carbocycles. The Labute approximate surface area is 155 Å². The molecular weight excluding hydrogens is 375 g/mol. The number of ether oxygens (including phenoxy) is 1. The van der Waals surface area contributed by atoms with Crippen molar-refractivity contribution in [3.8, 4) is 0 Å². The van der Waals surface area contributed by atoms with Crippen LogP contribution in [0, 0.1) is 0 Å². The zero-order valence-electron chi connectivity index (χ0n) is 11.9. The average Bonchev–Trinajstić information content (AvgIpc) is 3.02. The summed E-state index contributed by atoms with van der Waals surface area (Å²) in [6.07, 6.45) is -0.299. The van der Waals surface area contributed by atoms with E-state index in [9.17, 15) is 0 Å². The molecular formula is C16H13Cl3N2OS. The number of hydrogen-bond acceptors (Lipinski definition) is 2. The van der Waals surface area contributed by atoms with Gasteiger partial charge in [0.05, 0.1) is 27.4 Å². The van der Waals surface area contributed by atoms with Gasteiger partial charge in [0.1, 0.15) is 0 Å². The molecule has 120 valence electrons. The van der Waals surface area contributed by atoms with Gasteiger partial charge in [0, 0.05) is 12.1 Å². The van der Waals surface area contributed by atoms with Crippen molar-refractivity contribution in [3.05, 3.63) is 63.1 Å². The molecule has 1 N–H and O–H groups in total. The maximum absolute atomic E-state index is 6.16. The van der Waals surface area contributed by atoms with Crippen molar-refractivity contribution < 1.29 is 4.74 Å². The predicted octanol–water partition coefficient (Wildman–Crippen LogP) is 5.37. The average molecular weight is 388 g/mol. The first kappa shape index (κ1) is 16.8. The summed E-state index contributed by atoms with van der Waals surface area (Å²) in [7, 11) is 0. The lowest BCUT2D eigenvalue weighted by molar-refractivity contribution is 0.0642. The molecule has 0 aromatic heterocycles. The molecule has 3 rings (SSSR count). The lowest BCUT2D eigenvalue weighted by Crippen LogP contribution is -2.34. The molecule has 1 heterocycles. The predicted molar refractivity (Wildman–Crippen MR) is 99.5 cm³/mol. The minimum atomic E-state index is -0.299. The van der Waals surface area contributed by atoms with E-state index in [1.165, 1.54) is 0 Å². The van der Waals surface area contributed by atoms with Gasteiger partial charge in [0.15, 0.2) is 11.3 Å². The quantitative estimate of drug-likeness (QED) is 0.700. The summed E-state index contributed by atoms with van der Waals surface area (Å²) in [4.78, 5) is 1.96. The van der Waals surface area contributed by atoms with Gasteiger partial charge in [-0.2, -0.15) is 0 Å². The Morgan fingerprint density at radius 3 is 2.61 bits per heavy atom. The molecule has 7 heteroatoms. The zero-order chi connectivity index (χ0) is 16.4. The third kappa shape index (κ3) is 3.73. The molecule has 0 amide bonds. The minimum Gasteiger partial charge on any atom is -0.352 e. The first-order valence-electron chi connectivity index (χ1n) is 6.95. The topological polar surface area (TPSA) is 24.5 Å². The number of nitrogens with one attached hydrogen (secondary N) is 1. The number of nitrogens with zero attached hydrogens (tertiary/aromatic N) is 1. The van der Waals surface area contributed by atoms with Crippen LogP contribution < -0.4 is 5.32 Å². The van der Waals surface area contributed by atoms with Crippen LogP contribution in [-0.2, 0) is 4.74 Å². The van der Waals surface area contributed by atoms with Crippen molar-refractivity contribution in [2.24, 2.45) is 0 Å². The molecule has 1 unspecified atom stereocenters. The van der Waals surface area contributed by atoms with E-state index in [-0.39, 0.29) is 6.23 Å². The second-order valence-electron chi connectivity index (χ2n) is 5.00. The number of rotatable bonds is 2. The molecule has 0 saturated carbocycles. The molecule has 23 heavy (non-hydrogen) atoms. The van der Waals surface area contributed by atoms with Crippen molar-refractivity contribution in [2.45, 2.75) is 6.23 Å². The summed E-state index contributed by atoms with van der Waals surface area (Å²) < 4.78 is 5.80. The summed E-state index contributed by atoms with van der Waals surface area (Å²) in [6, 6.07) is 12.9. The van der Waals surface area contributed by atoms with Crippen LogP contribution >= 0.6 is 47.0 Å². The summed E-state index contributed by atoms with van der Waals surface area (Å²) >= 11 is 23.7. The standard InChI is InChI=1S/C16H13Cl3N2OS/c17-11-6-5-10(9-13(11)19)15-21(7-8-22-15)16(23)20-14-4-2-1-3-12(14)18/h1-6,9,15H,7-8H2,(H,20,23). The number of benzene rings is 2. The first-order valence-corrected chi connectivity index (χ1v) is 8.49. The third-order valence-corrected chi connectivity index (χ3v) is 4.90. The molecule has 1 saturated heterocycles. The van der Waals surface area contributed by atoms with Crippen molar-refractivity contribution in [3.63, 3.8) is 0 Å². The molecule has 0 spiro atoms. The van der Waals surface area contributed by atoms with E-state index < -0.39 is 0 Å². The Morgan fingerprint density at radius 1 is 1.09 bits per heavy atom. The SMILES string of the molecule is S=C(Nc1ccccc1Cl)N1CCOC1c1ccc(Cl)c(Cl)c1. The molecule has 0 radical (unpaired) electrons. The molecule has 0 bridgehead atoms. The lowest BCUT2D eigenvalue weighted by atomic mass is 10.2. The highest BCUT2D eigenvalue weighted by molar-refractivity contribution is 7.80. The Balaban J connectivity index is 1.79. The number of para-hydroxylation sites is 1. The van der Waals surface area contributed by atoms with Gasteiger partial charge in [0.25, 0.3) is 0 Å². The summed E-state index contributed by atoms with van der Waals surface area (Å²) in [5.41, 5.74) is 1.67. The van der Waals surface area contributed by atoms with E-state index in [1.54, 1.807) is 12.1 Å². The van der Waals surface area contributed by atoms with Crippen molar-refractivity contribution >= 4 is 57.8 Å². The Bertz CT molecular complexity index is 741. The van der Waals surface area contributed by atoms with Gasteiger partial charge in [-0.15, -0.1) is 0 Å². The van der Waals surface area contributed by atoms with E-state index in [0.717, 1.165) is 11.3 Å². The van der Waals surface area contributed by atoms with Crippen LogP contribution in [0.25, 0.3) is 0 Å². The second-order valence-corrected chi connectivity index (χ2v) is 6.61. The Morgan fingerprint density at radius 2 is 1.87 bits per heavy atom. The maximum atomic E-state index is 6.16. The van der Waals surface area contributed by atoms with Crippen LogP contribution in [0.15, 0.2) is 42.5 Å². The molecule has 3 nitrogen and oxygen atoms in total. The van der Waals surface area contributed by atoms with Crippen LogP contribution in [-0.4, -0.2) is 23.2 Å². The highest BCUT2D eigenvalue weighted by atomic mass is 35.5. The van der Waals surface area contributed by atoms with Crippen LogP contribution in [0.2, 0.25) is 15.1 Å². The van der Waals surface area contributed by atoms with Crippen LogP contribution in [0.5, 0.6) is 0 Å². The van der Waals surface area contributed by atoms with E-state index in [1.807, 2.05) is 35.2 Å². The Hall–Kier alpha value is -1.04. The normalized spacial score (nSPS) is 17.3. The van der Waals surface area contributed by atoms with Crippen molar-refractivity contribution in [1.82, 2.24) is 4.90 Å². The van der Waals surface area contributed by atoms with Gasteiger partial charge >= 0.3 is 0 Å². The monoisotopic (exact) mass is 386 g/mol. The number of anilines is 1. The number of thiocarbonyl (C=S) groups is 1. The third-order valence-electron chi connectivity index (χ3n) is 3.50. The summed E-state index contributed by atoms with van der Waals surface area (Å²) in [5.74, 6) is 0.